The van der Waals surface area contributed by atoms with Gasteiger partial charge in [0.2, 0.25) is 0 Å². The maximum atomic E-state index is 6.62. The first-order valence-electron chi connectivity index (χ1n) is 6.57. The van der Waals surface area contributed by atoms with Crippen molar-refractivity contribution in [2.45, 2.75) is 45.1 Å². The second kappa shape index (κ2) is 2.88. The minimum atomic E-state index is 0.212. The van der Waals surface area contributed by atoms with E-state index in [1.165, 1.54) is 24.8 Å². The summed E-state index contributed by atoms with van der Waals surface area (Å²) in [5.74, 6) is 4.07. The maximum absolute atomic E-state index is 6.62. The van der Waals surface area contributed by atoms with Gasteiger partial charge in [0.05, 0.1) is 0 Å². The first kappa shape index (κ1) is 9.89. The zero-order chi connectivity index (χ0) is 10.8. The topological polar surface area (TPSA) is 26.0 Å². The fourth-order valence-corrected chi connectivity index (χ4v) is 4.89. The number of nitrogens with two attached hydrogens (primary N) is 1. The van der Waals surface area contributed by atoms with Gasteiger partial charge in [-0.15, -0.1) is 0 Å². The van der Waals surface area contributed by atoms with E-state index < -0.39 is 0 Å². The third kappa shape index (κ3) is 1.03. The van der Waals surface area contributed by atoms with E-state index in [9.17, 15) is 0 Å². The quantitative estimate of drug-likeness (QED) is 0.689. The third-order valence-electron chi connectivity index (χ3n) is 5.82. The molecule has 4 fully saturated rings. The van der Waals surface area contributed by atoms with Crippen molar-refractivity contribution in [3.8, 4) is 0 Å². The average Bonchev–Trinajstić information content (AvgIpc) is 2.84. The molecule has 0 radical (unpaired) electrons. The lowest BCUT2D eigenvalue weighted by Crippen LogP contribution is -2.49. The highest BCUT2D eigenvalue weighted by Crippen LogP contribution is 2.69. The van der Waals surface area contributed by atoms with Crippen LogP contribution in [0.1, 0.15) is 39.5 Å². The fraction of sp³-hybridized carbons (Fsp3) is 0.857. The molecule has 4 aliphatic carbocycles. The summed E-state index contributed by atoms with van der Waals surface area (Å²) in [6.07, 6.45) is 5.34. The molecule has 0 aromatic heterocycles. The van der Waals surface area contributed by atoms with Gasteiger partial charge in [-0.05, 0) is 55.3 Å². The van der Waals surface area contributed by atoms with Crippen LogP contribution in [-0.2, 0) is 0 Å². The molecule has 6 unspecified atom stereocenters. The van der Waals surface area contributed by atoms with Crippen LogP contribution in [0.15, 0.2) is 12.2 Å². The van der Waals surface area contributed by atoms with E-state index in [1.54, 1.807) is 0 Å². The van der Waals surface area contributed by atoms with Crippen LogP contribution in [0, 0.1) is 29.6 Å². The Hall–Kier alpha value is -0.300. The first-order valence-corrected chi connectivity index (χ1v) is 6.57. The van der Waals surface area contributed by atoms with Crippen molar-refractivity contribution in [3.05, 3.63) is 12.2 Å². The lowest BCUT2D eigenvalue weighted by atomic mass is 9.60. The summed E-state index contributed by atoms with van der Waals surface area (Å²) in [5, 5.41) is 0. The van der Waals surface area contributed by atoms with Crippen molar-refractivity contribution in [2.24, 2.45) is 35.3 Å². The normalized spacial score (nSPS) is 56.3. The molecule has 2 bridgehead atoms. The Morgan fingerprint density at radius 1 is 1.47 bits per heavy atom. The van der Waals surface area contributed by atoms with Crippen molar-refractivity contribution < 1.29 is 0 Å². The van der Waals surface area contributed by atoms with Crippen LogP contribution in [0.5, 0.6) is 0 Å². The summed E-state index contributed by atoms with van der Waals surface area (Å²) in [6.45, 7) is 8.87. The molecule has 0 aromatic rings. The van der Waals surface area contributed by atoms with Gasteiger partial charge < -0.3 is 5.73 Å². The van der Waals surface area contributed by atoms with Crippen molar-refractivity contribution in [1.29, 1.82) is 0 Å². The summed E-state index contributed by atoms with van der Waals surface area (Å²) in [6, 6.07) is 0. The summed E-state index contributed by atoms with van der Waals surface area (Å²) in [7, 11) is 0. The lowest BCUT2D eigenvalue weighted by Gasteiger charge is -2.46. The molecule has 4 aliphatic rings. The Kier molecular flexibility index (Phi) is 1.90. The Balaban J connectivity index is 1.90. The van der Waals surface area contributed by atoms with Crippen LogP contribution in [0.2, 0.25) is 0 Å². The van der Waals surface area contributed by atoms with Gasteiger partial charge in [-0.3, -0.25) is 0 Å². The molecule has 0 spiro atoms. The summed E-state index contributed by atoms with van der Waals surface area (Å²) < 4.78 is 0. The van der Waals surface area contributed by atoms with Gasteiger partial charge in [0.1, 0.15) is 0 Å². The molecule has 0 aliphatic heterocycles. The number of allylic oxidation sites excluding steroid dienone is 1. The predicted molar refractivity (Wildman–Crippen MR) is 63.3 cm³/mol. The zero-order valence-corrected chi connectivity index (χ0v) is 10.00. The Bertz CT molecular complexity index is 308. The molecule has 2 N–H and O–H groups in total. The summed E-state index contributed by atoms with van der Waals surface area (Å²) >= 11 is 0. The molecule has 0 aromatic carbocycles. The van der Waals surface area contributed by atoms with Crippen LogP contribution in [0.25, 0.3) is 0 Å². The van der Waals surface area contributed by atoms with E-state index in [4.69, 9.17) is 5.73 Å². The maximum Gasteiger partial charge on any atom is 0.0252 e. The molecule has 0 heterocycles. The fourth-order valence-electron chi connectivity index (χ4n) is 4.89. The number of hydrogen-bond donors (Lipinski definition) is 1. The molecule has 4 rings (SSSR count). The van der Waals surface area contributed by atoms with Crippen LogP contribution in [-0.4, -0.2) is 5.54 Å². The van der Waals surface area contributed by atoms with Gasteiger partial charge in [0.25, 0.3) is 0 Å². The molecule has 0 amide bonds. The standard InChI is InChI=1S/C14H23N/c1-4-8(2)11-7-10-5-6-12(11)14(15)9(3)13(10)14/h9-13H,2,4-7,15H2,1,3H3. The molecule has 1 heteroatoms. The predicted octanol–water partition coefficient (Wildman–Crippen LogP) is 2.96. The second-order valence-corrected chi connectivity index (χ2v) is 6.11. The number of fused-ring (bicyclic) bond motifs is 2. The minimum absolute atomic E-state index is 0.212. The highest BCUT2D eigenvalue weighted by molar-refractivity contribution is 5.28. The summed E-state index contributed by atoms with van der Waals surface area (Å²) in [5.41, 5.74) is 8.30. The van der Waals surface area contributed by atoms with Crippen molar-refractivity contribution in [2.75, 3.05) is 0 Å². The molecule has 15 heavy (non-hydrogen) atoms. The van der Waals surface area contributed by atoms with Crippen molar-refractivity contribution in [1.82, 2.24) is 0 Å². The lowest BCUT2D eigenvalue weighted by molar-refractivity contribution is 0.0882. The Morgan fingerprint density at radius 3 is 2.80 bits per heavy atom. The third-order valence-corrected chi connectivity index (χ3v) is 5.82. The molecule has 0 saturated heterocycles. The Morgan fingerprint density at radius 2 is 2.20 bits per heavy atom. The monoisotopic (exact) mass is 205 g/mol. The second-order valence-electron chi connectivity index (χ2n) is 6.11. The SMILES string of the molecule is C=C(CC)C1CC2CCC1C1(N)C(C)C21. The van der Waals surface area contributed by atoms with E-state index in [-0.39, 0.29) is 5.54 Å². The highest BCUT2D eigenvalue weighted by atomic mass is 15.0. The van der Waals surface area contributed by atoms with E-state index in [2.05, 4.69) is 20.4 Å². The van der Waals surface area contributed by atoms with Crippen LogP contribution >= 0.6 is 0 Å². The minimum Gasteiger partial charge on any atom is -0.324 e. The van der Waals surface area contributed by atoms with E-state index in [0.717, 1.165) is 36.0 Å². The van der Waals surface area contributed by atoms with Gasteiger partial charge in [0, 0.05) is 5.54 Å². The number of hydrogen-bond acceptors (Lipinski definition) is 1. The highest BCUT2D eigenvalue weighted by Gasteiger charge is 2.71. The molecule has 84 valence electrons. The first-order chi connectivity index (χ1) is 7.10. The molecule has 6 atom stereocenters. The molecule has 1 nitrogen and oxygen atoms in total. The van der Waals surface area contributed by atoms with Crippen LogP contribution < -0.4 is 5.73 Å². The Labute approximate surface area is 93.1 Å². The van der Waals surface area contributed by atoms with E-state index in [0.29, 0.717) is 0 Å². The van der Waals surface area contributed by atoms with Crippen LogP contribution in [0.3, 0.4) is 0 Å². The molecule has 4 saturated carbocycles. The molecular formula is C14H23N. The van der Waals surface area contributed by atoms with Gasteiger partial charge >= 0.3 is 0 Å². The smallest absolute Gasteiger partial charge is 0.0252 e. The van der Waals surface area contributed by atoms with Gasteiger partial charge in [-0.1, -0.05) is 26.0 Å². The number of rotatable bonds is 2. The average molecular weight is 205 g/mol. The van der Waals surface area contributed by atoms with Crippen molar-refractivity contribution in [3.63, 3.8) is 0 Å². The van der Waals surface area contributed by atoms with Crippen molar-refractivity contribution >= 4 is 0 Å². The summed E-state index contributed by atoms with van der Waals surface area (Å²) in [4.78, 5) is 0. The van der Waals surface area contributed by atoms with E-state index >= 15 is 0 Å². The van der Waals surface area contributed by atoms with Gasteiger partial charge in [-0.25, -0.2) is 0 Å². The molecular weight excluding hydrogens is 182 g/mol. The van der Waals surface area contributed by atoms with Crippen LogP contribution in [0.4, 0.5) is 0 Å². The zero-order valence-electron chi connectivity index (χ0n) is 10.00. The largest absolute Gasteiger partial charge is 0.324 e. The van der Waals surface area contributed by atoms with Gasteiger partial charge in [-0.2, -0.15) is 0 Å². The van der Waals surface area contributed by atoms with Gasteiger partial charge in [0.15, 0.2) is 0 Å². The van der Waals surface area contributed by atoms with E-state index in [1.807, 2.05) is 0 Å².